The van der Waals surface area contributed by atoms with Crippen molar-refractivity contribution in [3.63, 3.8) is 0 Å². The summed E-state index contributed by atoms with van der Waals surface area (Å²) in [6, 6.07) is 9.53. The maximum absolute atomic E-state index is 13.0. The molecule has 128 valence electrons. The summed E-state index contributed by atoms with van der Waals surface area (Å²) in [5.41, 5.74) is -0.527. The number of halogens is 5. The van der Waals surface area contributed by atoms with Crippen LogP contribution in [0.3, 0.4) is 0 Å². The number of carbonyl (C=O) groups excluding carboxylic acids is 1. The molecule has 2 N–H and O–H groups in total. The lowest BCUT2D eigenvalue weighted by atomic mass is 10.1. The average molecular weight is 377 g/mol. The van der Waals surface area contributed by atoms with Crippen molar-refractivity contribution in [1.82, 2.24) is 5.32 Å². The predicted molar refractivity (Wildman–Crippen MR) is 88.6 cm³/mol. The van der Waals surface area contributed by atoms with Crippen molar-refractivity contribution in [1.29, 1.82) is 0 Å². The number of hydrogen-bond acceptors (Lipinski definition) is 1. The molecule has 0 aliphatic rings. The Kier molecular flexibility index (Phi) is 5.96. The summed E-state index contributed by atoms with van der Waals surface area (Å²) in [7, 11) is 0. The van der Waals surface area contributed by atoms with Crippen LogP contribution in [0.1, 0.15) is 11.1 Å². The highest BCUT2D eigenvalue weighted by Gasteiger charge is 2.34. The first-order valence-electron chi connectivity index (χ1n) is 6.92. The van der Waals surface area contributed by atoms with Crippen LogP contribution in [0.2, 0.25) is 10.0 Å². The molecule has 2 aromatic carbocycles. The average Bonchev–Trinajstić information content (AvgIpc) is 2.50. The number of anilines is 1. The molecule has 0 aliphatic carbocycles. The molecule has 0 heterocycles. The Morgan fingerprint density at radius 2 is 1.79 bits per heavy atom. The zero-order valence-corrected chi connectivity index (χ0v) is 13.8. The van der Waals surface area contributed by atoms with Gasteiger partial charge in [-0.15, -0.1) is 0 Å². The van der Waals surface area contributed by atoms with Crippen LogP contribution in [-0.4, -0.2) is 12.6 Å². The van der Waals surface area contributed by atoms with E-state index >= 15 is 0 Å². The minimum atomic E-state index is -4.62. The van der Waals surface area contributed by atoms with Crippen molar-refractivity contribution >= 4 is 34.9 Å². The zero-order valence-electron chi connectivity index (χ0n) is 12.3. The smallest absolute Gasteiger partial charge is 0.338 e. The first-order valence-corrected chi connectivity index (χ1v) is 7.68. The lowest BCUT2D eigenvalue weighted by molar-refractivity contribution is -0.136. The van der Waals surface area contributed by atoms with Crippen LogP contribution in [0, 0.1) is 0 Å². The normalized spacial score (nSPS) is 11.2. The van der Waals surface area contributed by atoms with Gasteiger partial charge in [0.15, 0.2) is 0 Å². The summed E-state index contributed by atoms with van der Waals surface area (Å²) >= 11 is 11.6. The second-order valence-electron chi connectivity index (χ2n) is 4.91. The molecule has 0 saturated heterocycles. The van der Waals surface area contributed by atoms with Gasteiger partial charge in [0.2, 0.25) is 0 Å². The van der Waals surface area contributed by atoms with Gasteiger partial charge in [-0.05, 0) is 36.2 Å². The Balaban J connectivity index is 1.97. The van der Waals surface area contributed by atoms with E-state index in [0.29, 0.717) is 11.4 Å². The van der Waals surface area contributed by atoms with E-state index in [1.807, 2.05) is 12.1 Å². The van der Waals surface area contributed by atoms with E-state index in [2.05, 4.69) is 10.6 Å². The molecular weight excluding hydrogens is 364 g/mol. The number of urea groups is 1. The van der Waals surface area contributed by atoms with Gasteiger partial charge in [-0.25, -0.2) is 4.79 Å². The standard InChI is InChI=1S/C16H13Cl2F3N2O/c17-11-5-6-14(12(9-11)16(19,20)21)23-15(24)22-8-7-10-3-1-2-4-13(10)18/h1-6,9H,7-8H2,(H2,22,23,24). The third kappa shape index (κ3) is 5.04. The van der Waals surface area contributed by atoms with E-state index in [1.54, 1.807) is 12.1 Å². The Bertz CT molecular complexity index is 736. The highest BCUT2D eigenvalue weighted by atomic mass is 35.5. The van der Waals surface area contributed by atoms with Gasteiger partial charge in [0, 0.05) is 16.6 Å². The third-order valence-corrected chi connectivity index (χ3v) is 3.78. The molecule has 24 heavy (non-hydrogen) atoms. The molecule has 2 rings (SSSR count). The number of carbonyl (C=O) groups is 1. The highest BCUT2D eigenvalue weighted by Crippen LogP contribution is 2.36. The number of alkyl halides is 3. The van der Waals surface area contributed by atoms with E-state index in [9.17, 15) is 18.0 Å². The number of hydrogen-bond donors (Lipinski definition) is 2. The molecule has 0 unspecified atom stereocenters. The summed E-state index contributed by atoms with van der Waals surface area (Å²) in [4.78, 5) is 11.8. The Labute approximate surface area is 146 Å². The fourth-order valence-corrected chi connectivity index (χ4v) is 2.44. The second-order valence-corrected chi connectivity index (χ2v) is 5.75. The summed E-state index contributed by atoms with van der Waals surface area (Å²) < 4.78 is 38.9. The molecule has 8 heteroatoms. The SMILES string of the molecule is O=C(NCCc1ccccc1Cl)Nc1ccc(Cl)cc1C(F)(F)F. The van der Waals surface area contributed by atoms with Crippen molar-refractivity contribution in [2.45, 2.75) is 12.6 Å². The van der Waals surface area contributed by atoms with Crippen LogP contribution in [0.4, 0.5) is 23.7 Å². The molecule has 0 spiro atoms. The summed E-state index contributed by atoms with van der Waals surface area (Å²) in [6.45, 7) is 0.227. The second kappa shape index (κ2) is 7.77. The highest BCUT2D eigenvalue weighted by molar-refractivity contribution is 6.31. The Morgan fingerprint density at radius 3 is 2.46 bits per heavy atom. The van der Waals surface area contributed by atoms with Crippen molar-refractivity contribution in [3.8, 4) is 0 Å². The molecule has 0 aromatic heterocycles. The third-order valence-electron chi connectivity index (χ3n) is 3.17. The van der Waals surface area contributed by atoms with E-state index in [0.717, 1.165) is 17.7 Å². The van der Waals surface area contributed by atoms with E-state index in [4.69, 9.17) is 23.2 Å². The van der Waals surface area contributed by atoms with E-state index in [1.165, 1.54) is 6.07 Å². The van der Waals surface area contributed by atoms with Crippen molar-refractivity contribution < 1.29 is 18.0 Å². The van der Waals surface area contributed by atoms with Crippen LogP contribution in [0.15, 0.2) is 42.5 Å². The molecule has 0 aliphatic heterocycles. The van der Waals surface area contributed by atoms with Crippen LogP contribution in [-0.2, 0) is 12.6 Å². The minimum Gasteiger partial charge on any atom is -0.338 e. The largest absolute Gasteiger partial charge is 0.418 e. The topological polar surface area (TPSA) is 41.1 Å². The predicted octanol–water partition coefficient (Wildman–Crippen LogP) is 5.38. The fraction of sp³-hybridized carbons (Fsp3) is 0.188. The maximum atomic E-state index is 13.0. The quantitative estimate of drug-likeness (QED) is 0.739. The first-order chi connectivity index (χ1) is 11.3. The van der Waals surface area contributed by atoms with Gasteiger partial charge in [-0.3, -0.25) is 0 Å². The zero-order chi connectivity index (χ0) is 17.7. The lowest BCUT2D eigenvalue weighted by Gasteiger charge is -2.14. The van der Waals surface area contributed by atoms with Crippen LogP contribution < -0.4 is 10.6 Å². The lowest BCUT2D eigenvalue weighted by Crippen LogP contribution is -2.31. The van der Waals surface area contributed by atoms with Crippen molar-refractivity contribution in [2.75, 3.05) is 11.9 Å². The van der Waals surface area contributed by atoms with Gasteiger partial charge < -0.3 is 10.6 Å². The van der Waals surface area contributed by atoms with Crippen molar-refractivity contribution in [2.24, 2.45) is 0 Å². The van der Waals surface area contributed by atoms with Crippen molar-refractivity contribution in [3.05, 3.63) is 63.6 Å². The molecule has 0 fully saturated rings. The van der Waals surface area contributed by atoms with Crippen LogP contribution in [0.25, 0.3) is 0 Å². The fourth-order valence-electron chi connectivity index (χ4n) is 2.04. The molecule has 0 atom stereocenters. The summed E-state index contributed by atoms with van der Waals surface area (Å²) in [5, 5.41) is 5.18. The van der Waals surface area contributed by atoms with Gasteiger partial charge in [0.05, 0.1) is 11.3 Å². The van der Waals surface area contributed by atoms with E-state index < -0.39 is 17.8 Å². The minimum absolute atomic E-state index is 0.0630. The van der Waals surface area contributed by atoms with Gasteiger partial charge in [-0.2, -0.15) is 13.2 Å². The number of nitrogens with one attached hydrogen (secondary N) is 2. The van der Waals surface area contributed by atoms with Gasteiger partial charge in [0.25, 0.3) is 0 Å². The molecule has 2 aromatic rings. The Morgan fingerprint density at radius 1 is 1.08 bits per heavy atom. The van der Waals surface area contributed by atoms with Gasteiger partial charge >= 0.3 is 12.2 Å². The molecule has 2 amide bonds. The summed E-state index contributed by atoms with van der Waals surface area (Å²) in [6.07, 6.45) is -4.16. The van der Waals surface area contributed by atoms with Crippen LogP contribution >= 0.6 is 23.2 Å². The molecular formula is C16H13Cl2F3N2O. The maximum Gasteiger partial charge on any atom is 0.418 e. The number of amides is 2. The molecule has 3 nitrogen and oxygen atoms in total. The van der Waals surface area contributed by atoms with Gasteiger partial charge in [-0.1, -0.05) is 41.4 Å². The van der Waals surface area contributed by atoms with Crippen LogP contribution in [0.5, 0.6) is 0 Å². The molecule has 0 saturated carbocycles. The number of benzene rings is 2. The molecule has 0 radical (unpaired) electrons. The summed E-state index contributed by atoms with van der Waals surface area (Å²) in [5.74, 6) is 0. The number of rotatable bonds is 4. The monoisotopic (exact) mass is 376 g/mol. The van der Waals surface area contributed by atoms with E-state index in [-0.39, 0.29) is 17.3 Å². The first kappa shape index (κ1) is 18.4. The Hall–Kier alpha value is -1.92. The molecule has 0 bridgehead atoms. The van der Waals surface area contributed by atoms with Gasteiger partial charge in [0.1, 0.15) is 0 Å².